The normalized spacial score (nSPS) is 12.7. The molecule has 4 N–H and O–H groups in total. The number of benzene rings is 2. The first kappa shape index (κ1) is 24.1. The van der Waals surface area contributed by atoms with Crippen molar-refractivity contribution in [2.75, 3.05) is 12.3 Å². The molecular weight excluding hydrogens is 473 g/mol. The monoisotopic (exact) mass is 491 g/mol. The maximum absolute atomic E-state index is 14.7. The van der Waals surface area contributed by atoms with Crippen LogP contribution < -0.4 is 11.1 Å². The van der Waals surface area contributed by atoms with Gasteiger partial charge in [0.1, 0.15) is 11.9 Å². The molecule has 0 aliphatic carbocycles. The van der Waals surface area contributed by atoms with Gasteiger partial charge in [0.25, 0.3) is 11.8 Å². The molecule has 7 nitrogen and oxygen atoms in total. The SMILES string of the molecule is Cc1c(C(=O)NCC(F)(F)[C@H](O)c2ccc(F)cc2)cc(-c2ccn3nc(N)nc3c2)c(F)c1F. The van der Waals surface area contributed by atoms with E-state index in [1.54, 1.807) is 0 Å². The topological polar surface area (TPSA) is 106 Å². The van der Waals surface area contributed by atoms with Crippen molar-refractivity contribution < 1.29 is 31.9 Å². The van der Waals surface area contributed by atoms with E-state index >= 15 is 0 Å². The highest BCUT2D eigenvalue weighted by Gasteiger charge is 2.40. The van der Waals surface area contributed by atoms with Crippen molar-refractivity contribution in [2.45, 2.75) is 19.0 Å². The van der Waals surface area contributed by atoms with Gasteiger partial charge >= 0.3 is 0 Å². The van der Waals surface area contributed by atoms with Crippen LogP contribution in [0.3, 0.4) is 0 Å². The van der Waals surface area contributed by atoms with Crippen LogP contribution in [0.4, 0.5) is 27.9 Å². The number of aliphatic hydroxyl groups is 1. The number of aliphatic hydroxyl groups excluding tert-OH is 1. The van der Waals surface area contributed by atoms with Gasteiger partial charge in [-0.2, -0.15) is 4.98 Å². The Morgan fingerprint density at radius 2 is 1.83 bits per heavy atom. The lowest BCUT2D eigenvalue weighted by molar-refractivity contribution is -0.106. The van der Waals surface area contributed by atoms with Gasteiger partial charge in [-0.15, -0.1) is 5.10 Å². The first-order valence-electron chi connectivity index (χ1n) is 10.2. The van der Waals surface area contributed by atoms with Gasteiger partial charge in [-0.3, -0.25) is 4.79 Å². The van der Waals surface area contributed by atoms with Crippen LogP contribution in [0, 0.1) is 24.4 Å². The molecule has 0 aliphatic rings. The number of anilines is 1. The molecule has 0 saturated carbocycles. The molecule has 182 valence electrons. The zero-order chi connectivity index (χ0) is 25.5. The average Bonchev–Trinajstić information content (AvgIpc) is 3.20. The minimum atomic E-state index is -3.85. The van der Waals surface area contributed by atoms with Crippen LogP contribution in [0.15, 0.2) is 48.7 Å². The molecule has 2 aromatic carbocycles. The molecule has 0 unspecified atom stereocenters. The molecule has 2 heterocycles. The number of alkyl halides is 2. The Kier molecular flexibility index (Phi) is 6.15. The molecule has 4 rings (SSSR count). The zero-order valence-electron chi connectivity index (χ0n) is 18.1. The fourth-order valence-corrected chi connectivity index (χ4v) is 3.51. The van der Waals surface area contributed by atoms with E-state index in [9.17, 15) is 31.9 Å². The summed E-state index contributed by atoms with van der Waals surface area (Å²) >= 11 is 0. The number of fused-ring (bicyclic) bond motifs is 1. The van der Waals surface area contributed by atoms with Gasteiger partial charge in [-0.1, -0.05) is 12.1 Å². The molecule has 1 atom stereocenters. The standard InChI is InChI=1S/C23H18F5N5O2/c1-11-15(21(35)30-10-23(27,28)20(34)12-2-4-14(24)5-3-12)9-16(19(26)18(11)25)13-6-7-33-17(8-13)31-22(29)32-33/h2-9,20,34H,10H2,1H3,(H2,29,32)(H,30,35)/t20-/m1/s1. The van der Waals surface area contributed by atoms with Gasteiger partial charge in [0.05, 0.1) is 6.54 Å². The zero-order valence-corrected chi connectivity index (χ0v) is 18.1. The van der Waals surface area contributed by atoms with Gasteiger partial charge < -0.3 is 16.2 Å². The number of hydrogen-bond acceptors (Lipinski definition) is 5. The lowest BCUT2D eigenvalue weighted by Crippen LogP contribution is -2.41. The van der Waals surface area contributed by atoms with Crippen molar-refractivity contribution in [3.05, 3.63) is 82.8 Å². The Morgan fingerprint density at radius 1 is 1.14 bits per heavy atom. The number of aromatic nitrogens is 3. The number of amides is 1. The second-order valence-electron chi connectivity index (χ2n) is 7.81. The summed E-state index contributed by atoms with van der Waals surface area (Å²) in [7, 11) is 0. The fraction of sp³-hybridized carbons (Fsp3) is 0.174. The highest BCUT2D eigenvalue weighted by molar-refractivity contribution is 5.97. The highest BCUT2D eigenvalue weighted by atomic mass is 19.3. The largest absolute Gasteiger partial charge is 0.382 e. The predicted molar refractivity (Wildman–Crippen MR) is 116 cm³/mol. The number of rotatable bonds is 6. The number of halogens is 5. The van der Waals surface area contributed by atoms with Crippen LogP contribution in [0.2, 0.25) is 0 Å². The van der Waals surface area contributed by atoms with Crippen LogP contribution in [0.25, 0.3) is 16.8 Å². The third-order valence-electron chi connectivity index (χ3n) is 5.43. The van der Waals surface area contributed by atoms with E-state index in [4.69, 9.17) is 5.73 Å². The summed E-state index contributed by atoms with van der Waals surface area (Å²) in [6, 6.07) is 7.58. The van der Waals surface area contributed by atoms with E-state index in [0.717, 1.165) is 37.3 Å². The van der Waals surface area contributed by atoms with Crippen LogP contribution in [-0.2, 0) is 0 Å². The molecule has 1 amide bonds. The summed E-state index contributed by atoms with van der Waals surface area (Å²) in [4.78, 5) is 16.6. The van der Waals surface area contributed by atoms with Crippen molar-refractivity contribution in [1.82, 2.24) is 19.9 Å². The fourth-order valence-electron chi connectivity index (χ4n) is 3.51. The number of nitrogens with one attached hydrogen (secondary N) is 1. The van der Waals surface area contributed by atoms with Crippen LogP contribution in [-0.4, -0.2) is 38.1 Å². The van der Waals surface area contributed by atoms with Gasteiger partial charge in [-0.25, -0.2) is 26.5 Å². The van der Waals surface area contributed by atoms with Crippen molar-refractivity contribution in [1.29, 1.82) is 0 Å². The summed E-state index contributed by atoms with van der Waals surface area (Å²) in [5.74, 6) is -8.24. The van der Waals surface area contributed by atoms with E-state index in [2.05, 4.69) is 10.1 Å². The van der Waals surface area contributed by atoms with Crippen molar-refractivity contribution in [2.24, 2.45) is 0 Å². The van der Waals surface area contributed by atoms with E-state index in [1.165, 1.54) is 22.8 Å². The molecule has 0 bridgehead atoms. The second-order valence-corrected chi connectivity index (χ2v) is 7.81. The van der Waals surface area contributed by atoms with E-state index < -0.39 is 41.9 Å². The molecule has 35 heavy (non-hydrogen) atoms. The number of nitrogen functional groups attached to an aromatic ring is 1. The first-order chi connectivity index (χ1) is 16.5. The van der Waals surface area contributed by atoms with Crippen molar-refractivity contribution in [3.63, 3.8) is 0 Å². The van der Waals surface area contributed by atoms with E-state index in [-0.39, 0.29) is 39.4 Å². The Morgan fingerprint density at radius 3 is 2.51 bits per heavy atom. The van der Waals surface area contributed by atoms with Gasteiger partial charge in [0.15, 0.2) is 17.3 Å². The molecule has 2 aromatic heterocycles. The molecule has 4 aromatic rings. The summed E-state index contributed by atoms with van der Waals surface area (Å²) in [6.07, 6.45) is -0.935. The van der Waals surface area contributed by atoms with Crippen LogP contribution >= 0.6 is 0 Å². The summed E-state index contributed by atoms with van der Waals surface area (Å²) in [6.45, 7) is -0.186. The van der Waals surface area contributed by atoms with Crippen LogP contribution in [0.1, 0.15) is 27.6 Å². The Bertz CT molecular complexity index is 1420. The van der Waals surface area contributed by atoms with E-state index in [1.807, 2.05) is 5.32 Å². The molecule has 0 fully saturated rings. The Hall–Kier alpha value is -4.06. The minimum Gasteiger partial charge on any atom is -0.382 e. The average molecular weight is 491 g/mol. The van der Waals surface area contributed by atoms with Gasteiger partial charge in [0, 0.05) is 22.9 Å². The lowest BCUT2D eigenvalue weighted by Gasteiger charge is -2.23. The number of hydrogen-bond donors (Lipinski definition) is 3. The maximum Gasteiger partial charge on any atom is 0.294 e. The lowest BCUT2D eigenvalue weighted by atomic mass is 9.98. The third kappa shape index (κ3) is 4.64. The minimum absolute atomic E-state index is 0.0403. The second kappa shape index (κ2) is 8.95. The molecule has 12 heteroatoms. The van der Waals surface area contributed by atoms with E-state index in [0.29, 0.717) is 0 Å². The highest BCUT2D eigenvalue weighted by Crippen LogP contribution is 2.32. The Labute approximate surface area is 195 Å². The molecule has 0 aliphatic heterocycles. The number of carbonyl (C=O) groups is 1. The quantitative estimate of drug-likeness (QED) is 0.356. The smallest absolute Gasteiger partial charge is 0.294 e. The predicted octanol–water partition coefficient (Wildman–Crippen LogP) is 3.80. The molecule has 0 saturated heterocycles. The van der Waals surface area contributed by atoms with Crippen molar-refractivity contribution >= 4 is 17.5 Å². The number of nitrogens with zero attached hydrogens (tertiary/aromatic N) is 3. The maximum atomic E-state index is 14.7. The Balaban J connectivity index is 1.60. The number of nitrogens with two attached hydrogens (primary N) is 1. The summed E-state index contributed by atoms with van der Waals surface area (Å²) in [5.41, 5.74) is 4.57. The summed E-state index contributed by atoms with van der Waals surface area (Å²) in [5, 5.41) is 15.8. The number of pyridine rings is 1. The molecular formula is C23H18F5N5O2. The van der Waals surface area contributed by atoms with Crippen LogP contribution in [0.5, 0.6) is 0 Å². The molecule has 0 radical (unpaired) electrons. The summed E-state index contributed by atoms with van der Waals surface area (Å²) < 4.78 is 72.7. The van der Waals surface area contributed by atoms with Gasteiger partial charge in [-0.05, 0) is 48.4 Å². The first-order valence-corrected chi connectivity index (χ1v) is 10.2. The van der Waals surface area contributed by atoms with Gasteiger partial charge in [0.2, 0.25) is 5.95 Å². The van der Waals surface area contributed by atoms with Crippen molar-refractivity contribution in [3.8, 4) is 11.1 Å². The number of carbonyl (C=O) groups excluding carboxylic acids is 1. The molecule has 0 spiro atoms. The third-order valence-corrected chi connectivity index (χ3v) is 5.43.